The molecule has 0 rings (SSSR count). The van der Waals surface area contributed by atoms with Crippen LogP contribution in [0.15, 0.2) is 24.4 Å². The molecule has 4 heteroatoms. The predicted octanol–water partition coefficient (Wildman–Crippen LogP) is 0.460. The second-order valence-electron chi connectivity index (χ2n) is 1.42. The predicted molar refractivity (Wildman–Crippen MR) is 36.0 cm³/mol. The van der Waals surface area contributed by atoms with Crippen LogP contribution in [-0.4, -0.2) is 8.76 Å². The van der Waals surface area contributed by atoms with E-state index in [1.54, 1.807) is 13.0 Å². The number of hydrogen-bond donors (Lipinski definition) is 1. The molecule has 0 aromatic rings. The molecule has 0 aliphatic carbocycles. The minimum atomic E-state index is -2.21. The summed E-state index contributed by atoms with van der Waals surface area (Å²) in [6.45, 7) is 5.03. The SMILES string of the molecule is C=C/C=C(\C)NS(=O)[O-]. The highest BCUT2D eigenvalue weighted by Gasteiger charge is 1.80. The van der Waals surface area contributed by atoms with Gasteiger partial charge in [-0.3, -0.25) is 4.21 Å². The van der Waals surface area contributed by atoms with Crippen molar-refractivity contribution in [2.75, 3.05) is 0 Å². The summed E-state index contributed by atoms with van der Waals surface area (Å²) < 4.78 is 21.9. The van der Waals surface area contributed by atoms with Gasteiger partial charge in [0.05, 0.1) is 0 Å². The van der Waals surface area contributed by atoms with Gasteiger partial charge in [0, 0.05) is 17.0 Å². The van der Waals surface area contributed by atoms with Gasteiger partial charge in [0.2, 0.25) is 0 Å². The fourth-order valence-electron chi connectivity index (χ4n) is 0.342. The van der Waals surface area contributed by atoms with Crippen LogP contribution in [0.1, 0.15) is 6.92 Å². The van der Waals surface area contributed by atoms with Crippen LogP contribution in [0.25, 0.3) is 0 Å². The molecule has 0 amide bonds. The van der Waals surface area contributed by atoms with Crippen LogP contribution in [0.3, 0.4) is 0 Å². The second-order valence-corrected chi connectivity index (χ2v) is 2.10. The zero-order valence-corrected chi connectivity index (χ0v) is 5.90. The third kappa shape index (κ3) is 5.26. The molecule has 0 spiro atoms. The Morgan fingerprint density at radius 1 is 1.89 bits per heavy atom. The van der Waals surface area contributed by atoms with Crippen LogP contribution in [0.4, 0.5) is 0 Å². The van der Waals surface area contributed by atoms with Crippen LogP contribution in [0.2, 0.25) is 0 Å². The zero-order chi connectivity index (χ0) is 7.28. The van der Waals surface area contributed by atoms with Crippen molar-refractivity contribution in [3.8, 4) is 0 Å². The van der Waals surface area contributed by atoms with E-state index in [-0.39, 0.29) is 0 Å². The van der Waals surface area contributed by atoms with Crippen LogP contribution in [0.5, 0.6) is 0 Å². The smallest absolute Gasteiger partial charge is 0.0445 e. The summed E-state index contributed by atoms with van der Waals surface area (Å²) in [5.41, 5.74) is 0.554. The summed E-state index contributed by atoms with van der Waals surface area (Å²) in [5.74, 6) is 0. The maximum Gasteiger partial charge on any atom is 0.0445 e. The van der Waals surface area contributed by atoms with Crippen molar-refractivity contribution in [1.29, 1.82) is 0 Å². The van der Waals surface area contributed by atoms with Crippen molar-refractivity contribution in [3.05, 3.63) is 24.4 Å². The molecule has 52 valence electrons. The van der Waals surface area contributed by atoms with Gasteiger partial charge < -0.3 is 9.27 Å². The van der Waals surface area contributed by atoms with Crippen LogP contribution >= 0.6 is 0 Å². The van der Waals surface area contributed by atoms with Gasteiger partial charge in [0.15, 0.2) is 0 Å². The van der Waals surface area contributed by atoms with Crippen molar-refractivity contribution in [2.24, 2.45) is 0 Å². The van der Waals surface area contributed by atoms with Crippen molar-refractivity contribution < 1.29 is 8.76 Å². The fourth-order valence-corrected chi connectivity index (χ4v) is 0.673. The first kappa shape index (κ1) is 8.39. The molecule has 0 aliphatic heterocycles. The average molecular weight is 146 g/mol. The Hall–Kier alpha value is -0.610. The van der Waals surface area contributed by atoms with Gasteiger partial charge in [-0.25, -0.2) is 0 Å². The summed E-state index contributed by atoms with van der Waals surface area (Å²) in [5, 5.41) is 0. The molecule has 9 heavy (non-hydrogen) atoms. The Kier molecular flexibility index (Phi) is 4.00. The summed E-state index contributed by atoms with van der Waals surface area (Å²) in [6, 6.07) is 0. The van der Waals surface area contributed by atoms with Crippen LogP contribution in [-0.2, 0) is 11.3 Å². The van der Waals surface area contributed by atoms with Gasteiger partial charge in [-0.2, -0.15) is 0 Å². The Labute approximate surface area is 56.9 Å². The van der Waals surface area contributed by atoms with Crippen molar-refractivity contribution >= 4 is 11.3 Å². The van der Waals surface area contributed by atoms with Gasteiger partial charge in [-0.15, -0.1) is 0 Å². The van der Waals surface area contributed by atoms with Crippen molar-refractivity contribution in [1.82, 2.24) is 4.72 Å². The Morgan fingerprint density at radius 3 is 2.78 bits per heavy atom. The second kappa shape index (κ2) is 4.29. The third-order valence-corrected chi connectivity index (χ3v) is 1.10. The summed E-state index contributed by atoms with van der Waals surface area (Å²) >= 11 is -2.21. The van der Waals surface area contributed by atoms with E-state index in [0.717, 1.165) is 0 Å². The molecule has 1 atom stereocenters. The van der Waals surface area contributed by atoms with E-state index in [4.69, 9.17) is 0 Å². The van der Waals surface area contributed by atoms with Crippen molar-refractivity contribution in [3.63, 3.8) is 0 Å². The number of rotatable bonds is 3. The summed E-state index contributed by atoms with van der Waals surface area (Å²) in [6.07, 6.45) is 3.07. The van der Waals surface area contributed by atoms with Gasteiger partial charge in [0.1, 0.15) is 0 Å². The first-order chi connectivity index (χ1) is 4.16. The molecule has 0 aromatic heterocycles. The molecule has 0 heterocycles. The first-order valence-corrected chi connectivity index (χ1v) is 3.39. The molecule has 0 aliphatic rings. The largest absolute Gasteiger partial charge is 0.755 e. The lowest BCUT2D eigenvalue weighted by atomic mass is 10.4. The third-order valence-electron chi connectivity index (χ3n) is 0.612. The van der Waals surface area contributed by atoms with Gasteiger partial charge >= 0.3 is 0 Å². The van der Waals surface area contributed by atoms with E-state index in [9.17, 15) is 8.76 Å². The maximum absolute atomic E-state index is 9.90. The molecule has 0 saturated heterocycles. The summed E-state index contributed by atoms with van der Waals surface area (Å²) in [7, 11) is 0. The lowest BCUT2D eigenvalue weighted by Crippen LogP contribution is -2.13. The molecule has 0 bridgehead atoms. The highest BCUT2D eigenvalue weighted by atomic mass is 32.2. The number of allylic oxidation sites excluding steroid dienone is 3. The molecule has 0 saturated carbocycles. The molecule has 0 aromatic carbocycles. The van der Waals surface area contributed by atoms with E-state index in [1.165, 1.54) is 6.08 Å². The van der Waals surface area contributed by atoms with Crippen molar-refractivity contribution in [2.45, 2.75) is 6.92 Å². The number of hydrogen-bond acceptors (Lipinski definition) is 2. The Balaban J connectivity index is 3.75. The topological polar surface area (TPSA) is 52.2 Å². The van der Waals surface area contributed by atoms with E-state index in [1.807, 2.05) is 0 Å². The van der Waals surface area contributed by atoms with Crippen LogP contribution < -0.4 is 4.72 Å². The first-order valence-electron chi connectivity index (χ1n) is 2.32. The zero-order valence-electron chi connectivity index (χ0n) is 5.09. The Bertz CT molecular complexity index is 153. The van der Waals surface area contributed by atoms with E-state index < -0.39 is 11.3 Å². The quantitative estimate of drug-likeness (QED) is 0.464. The minimum absolute atomic E-state index is 0.554. The molecular formula is C5H8NO2S-. The van der Waals surface area contributed by atoms with E-state index >= 15 is 0 Å². The highest BCUT2D eigenvalue weighted by molar-refractivity contribution is 7.77. The lowest BCUT2D eigenvalue weighted by Gasteiger charge is -2.06. The van der Waals surface area contributed by atoms with E-state index in [0.29, 0.717) is 5.70 Å². The van der Waals surface area contributed by atoms with Crippen LogP contribution in [0, 0.1) is 0 Å². The monoisotopic (exact) mass is 146 g/mol. The minimum Gasteiger partial charge on any atom is -0.755 e. The molecule has 1 N–H and O–H groups in total. The molecular weight excluding hydrogens is 138 g/mol. The molecule has 0 fully saturated rings. The van der Waals surface area contributed by atoms with Gasteiger partial charge in [0.25, 0.3) is 0 Å². The number of nitrogens with one attached hydrogen (secondary N) is 1. The average Bonchev–Trinajstić information content (AvgIpc) is 1.63. The van der Waals surface area contributed by atoms with E-state index in [2.05, 4.69) is 11.3 Å². The van der Waals surface area contributed by atoms with Gasteiger partial charge in [-0.1, -0.05) is 12.7 Å². The molecule has 1 unspecified atom stereocenters. The Morgan fingerprint density at radius 2 is 2.44 bits per heavy atom. The lowest BCUT2D eigenvalue weighted by molar-refractivity contribution is 0.529. The normalized spacial score (nSPS) is 14.7. The highest BCUT2D eigenvalue weighted by Crippen LogP contribution is 1.85. The molecule has 0 radical (unpaired) electrons. The fraction of sp³-hybridized carbons (Fsp3) is 0.200. The standard InChI is InChI=1S/C5H9NO2S/c1-3-4-5(2)6-9(7)8/h3-4,6H,1H2,2H3,(H,7,8)/p-1/b5-4+. The molecule has 3 nitrogen and oxygen atoms in total. The summed E-state index contributed by atoms with van der Waals surface area (Å²) in [4.78, 5) is 0. The maximum atomic E-state index is 9.90. The van der Waals surface area contributed by atoms with Gasteiger partial charge in [-0.05, 0) is 13.0 Å².